The molecule has 0 unspecified atom stereocenters. The van der Waals surface area contributed by atoms with E-state index in [1.54, 1.807) is 0 Å². The summed E-state index contributed by atoms with van der Waals surface area (Å²) >= 11 is 0. The molecule has 0 N–H and O–H groups in total. The lowest BCUT2D eigenvalue weighted by Crippen LogP contribution is -2.04. The van der Waals surface area contributed by atoms with E-state index < -0.39 is 0 Å². The molecule has 0 atom stereocenters. The molecule has 0 radical (unpaired) electrons. The number of fused-ring (bicyclic) bond motifs is 1. The monoisotopic (exact) mass is 983 g/mol. The molecule has 8 heteroatoms. The van der Waals surface area contributed by atoms with Gasteiger partial charge in [0.25, 0.3) is 0 Å². The first-order valence-corrected chi connectivity index (χ1v) is 28.3. The van der Waals surface area contributed by atoms with Crippen LogP contribution in [-0.4, -0.2) is 39.6 Å². The van der Waals surface area contributed by atoms with Crippen LogP contribution in [0.25, 0.3) is 34.1 Å². The van der Waals surface area contributed by atoms with E-state index in [1.807, 2.05) is 72.8 Å². The second kappa shape index (κ2) is 36.3. The molecule has 0 amide bonds. The molecule has 4 aromatic rings. The molecule has 0 fully saturated rings. The largest absolute Gasteiger partial charge is 0.494 e. The van der Waals surface area contributed by atoms with Crippen molar-refractivity contribution in [2.45, 2.75) is 196 Å². The van der Waals surface area contributed by atoms with E-state index in [9.17, 15) is 10.5 Å². The maximum Gasteiger partial charge on any atom is 0.127 e. The zero-order valence-corrected chi connectivity index (χ0v) is 45.5. The predicted octanol–water partition coefficient (Wildman–Crippen LogP) is 18.7. The average molecular weight is 983 g/mol. The Hall–Kier alpha value is -5.60. The van der Waals surface area contributed by atoms with Crippen molar-refractivity contribution in [2.24, 2.45) is 0 Å². The number of unbranched alkanes of at least 4 members (excludes halogenated alkanes) is 18. The van der Waals surface area contributed by atoms with Gasteiger partial charge in [-0.15, -0.1) is 0 Å². The summed E-state index contributed by atoms with van der Waals surface area (Å²) in [6.45, 7) is 16.7. The molecule has 0 aliphatic carbocycles. The lowest BCUT2D eigenvalue weighted by atomic mass is 9.90. The summed E-state index contributed by atoms with van der Waals surface area (Å²) in [5, 5.41) is 24.0. The van der Waals surface area contributed by atoms with E-state index in [2.05, 4.69) is 53.7 Å². The summed E-state index contributed by atoms with van der Waals surface area (Å²) in [5.74, 6) is 4.16. The third kappa shape index (κ3) is 20.5. The minimum absolute atomic E-state index is 0.434. The van der Waals surface area contributed by atoms with Gasteiger partial charge in [0.1, 0.15) is 34.5 Å². The molecule has 4 aromatic carbocycles. The third-order valence-electron chi connectivity index (χ3n) is 13.0. The molecule has 0 aromatic heterocycles. The molecule has 4 rings (SSSR count). The van der Waals surface area contributed by atoms with Gasteiger partial charge in [0, 0.05) is 33.0 Å². The summed E-state index contributed by atoms with van der Waals surface area (Å²) < 4.78 is 39.0. The second-order valence-corrected chi connectivity index (χ2v) is 19.2. The van der Waals surface area contributed by atoms with Crippen molar-refractivity contribution in [3.05, 3.63) is 82.9 Å². The van der Waals surface area contributed by atoms with Crippen molar-refractivity contribution in [1.29, 1.82) is 10.5 Å². The average Bonchev–Trinajstić information content (AvgIpc) is 3.40. The topological polar surface area (TPSA) is 103 Å². The first-order valence-electron chi connectivity index (χ1n) is 28.3. The van der Waals surface area contributed by atoms with Gasteiger partial charge in [0.05, 0.1) is 62.9 Å². The van der Waals surface area contributed by atoms with E-state index in [0.29, 0.717) is 84.9 Å². The minimum atomic E-state index is 0.434. The first kappa shape index (κ1) is 59.0. The Balaban J connectivity index is 1.98. The highest BCUT2D eigenvalue weighted by Gasteiger charge is 2.22. The summed E-state index contributed by atoms with van der Waals surface area (Å²) in [7, 11) is 0. The molecular weight excluding hydrogens is 893 g/mol. The maximum atomic E-state index is 11.3. The van der Waals surface area contributed by atoms with Crippen LogP contribution < -0.4 is 28.4 Å². The molecule has 0 aliphatic rings. The predicted molar refractivity (Wildman–Crippen MR) is 302 cm³/mol. The van der Waals surface area contributed by atoms with Crippen LogP contribution in [-0.2, 0) is 0 Å². The van der Waals surface area contributed by atoms with E-state index >= 15 is 0 Å². The molecule has 72 heavy (non-hydrogen) atoms. The van der Waals surface area contributed by atoms with Crippen LogP contribution in [0.1, 0.15) is 218 Å². The summed E-state index contributed by atoms with van der Waals surface area (Å²) in [6, 6.07) is 24.9. The van der Waals surface area contributed by atoms with E-state index in [1.165, 1.54) is 12.8 Å². The number of hydrogen-bond donors (Lipinski definition) is 0. The number of nitrogens with zero attached hydrogens (tertiary/aromatic N) is 2. The molecule has 8 nitrogen and oxygen atoms in total. The summed E-state index contributed by atoms with van der Waals surface area (Å²) in [6.07, 6.45) is 29.8. The Morgan fingerprint density at radius 3 is 0.917 bits per heavy atom. The number of allylic oxidation sites excluding steroid dienone is 2. The van der Waals surface area contributed by atoms with Crippen LogP contribution >= 0.6 is 0 Å². The Labute approximate surface area is 436 Å². The van der Waals surface area contributed by atoms with Crippen LogP contribution in [0.15, 0.2) is 60.7 Å². The normalized spacial score (nSPS) is 11.6. The van der Waals surface area contributed by atoms with Gasteiger partial charge in [-0.1, -0.05) is 157 Å². The maximum absolute atomic E-state index is 11.3. The number of rotatable bonds is 40. The van der Waals surface area contributed by atoms with Crippen molar-refractivity contribution in [2.75, 3.05) is 39.6 Å². The van der Waals surface area contributed by atoms with Gasteiger partial charge in [0.2, 0.25) is 0 Å². The van der Waals surface area contributed by atoms with Crippen LogP contribution in [0.5, 0.6) is 34.5 Å². The molecule has 0 heterocycles. The van der Waals surface area contributed by atoms with Crippen molar-refractivity contribution >= 4 is 34.1 Å². The zero-order chi connectivity index (χ0) is 51.4. The van der Waals surface area contributed by atoms with Crippen LogP contribution in [0.4, 0.5) is 0 Å². The van der Waals surface area contributed by atoms with E-state index in [4.69, 9.17) is 28.4 Å². The molecule has 0 saturated heterocycles. The summed E-state index contributed by atoms with van der Waals surface area (Å²) in [5.41, 5.74) is 3.77. The molecule has 0 bridgehead atoms. The van der Waals surface area contributed by atoms with Crippen molar-refractivity contribution in [3.63, 3.8) is 0 Å². The molecular formula is C64H90N2O6. The Kier molecular flexibility index (Phi) is 29.8. The fourth-order valence-electron chi connectivity index (χ4n) is 8.78. The highest BCUT2D eigenvalue weighted by molar-refractivity contribution is 6.12. The SMILES string of the molecule is CCCCCCOc1ccc(OCCCCCC)c(/C=C(\C#N)c2ccc(OCCCCCC)c3c(/C(C#N)=C/c4cc(OCCCCCC)ccc4OCCCCCC)ccc(OCCCCCC)c23)c1. The van der Waals surface area contributed by atoms with Gasteiger partial charge >= 0.3 is 0 Å². The first-order chi connectivity index (χ1) is 35.5. The fraction of sp³-hybridized carbons (Fsp3) is 0.562. The Morgan fingerprint density at radius 2 is 0.625 bits per heavy atom. The standard InChI is InChI=1S/C64H90N2O6/c1-7-13-19-25-39-67-55-31-35-59(69-41-27-21-15-9-3)51(47-55)45-53(49-65)57-33-37-62(72-44-30-24-18-12-6)64-58(34-38-61(63(57)64)71-43-29-23-17-11-5)54(50-66)46-52-48-56(68-40-26-20-14-8-2)32-36-60(52)70-42-28-22-16-10-4/h31-38,45-48H,7-30,39-44H2,1-6H3/b53-45+,54-46+. The molecule has 0 spiro atoms. The van der Waals surface area contributed by atoms with Gasteiger partial charge in [-0.05, 0) is 111 Å². The number of ether oxygens (including phenoxy) is 6. The lowest BCUT2D eigenvalue weighted by Gasteiger charge is -2.19. The molecule has 392 valence electrons. The van der Waals surface area contributed by atoms with E-state index in [-0.39, 0.29) is 0 Å². The molecule has 0 aliphatic heterocycles. The van der Waals surface area contributed by atoms with Crippen molar-refractivity contribution < 1.29 is 28.4 Å². The van der Waals surface area contributed by atoms with Gasteiger partial charge in [0.15, 0.2) is 0 Å². The van der Waals surface area contributed by atoms with Gasteiger partial charge in [-0.2, -0.15) is 10.5 Å². The van der Waals surface area contributed by atoms with Crippen LogP contribution in [0, 0.1) is 22.7 Å². The van der Waals surface area contributed by atoms with E-state index in [0.717, 1.165) is 175 Å². The zero-order valence-electron chi connectivity index (χ0n) is 45.5. The number of benzene rings is 4. The smallest absolute Gasteiger partial charge is 0.127 e. The van der Waals surface area contributed by atoms with Gasteiger partial charge in [-0.25, -0.2) is 0 Å². The van der Waals surface area contributed by atoms with Crippen LogP contribution in [0.2, 0.25) is 0 Å². The second-order valence-electron chi connectivity index (χ2n) is 19.2. The number of nitriles is 2. The Morgan fingerprint density at radius 1 is 0.347 bits per heavy atom. The van der Waals surface area contributed by atoms with Gasteiger partial charge in [-0.3, -0.25) is 0 Å². The summed E-state index contributed by atoms with van der Waals surface area (Å²) in [4.78, 5) is 0. The highest BCUT2D eigenvalue weighted by atomic mass is 16.5. The lowest BCUT2D eigenvalue weighted by molar-refractivity contribution is 0.296. The van der Waals surface area contributed by atoms with Gasteiger partial charge < -0.3 is 28.4 Å². The third-order valence-corrected chi connectivity index (χ3v) is 13.0. The van der Waals surface area contributed by atoms with Crippen LogP contribution in [0.3, 0.4) is 0 Å². The van der Waals surface area contributed by atoms with Crippen molar-refractivity contribution in [3.8, 4) is 46.6 Å². The Bertz CT molecular complexity index is 2140. The fourth-order valence-corrected chi connectivity index (χ4v) is 8.78. The highest BCUT2D eigenvalue weighted by Crippen LogP contribution is 2.44. The number of hydrogen-bond acceptors (Lipinski definition) is 8. The van der Waals surface area contributed by atoms with Crippen molar-refractivity contribution in [1.82, 2.24) is 0 Å². The minimum Gasteiger partial charge on any atom is -0.494 e. The quantitative estimate of drug-likeness (QED) is 0.0247. The molecule has 0 saturated carbocycles.